The molecular weight excluding hydrogens is 144 g/mol. The molecule has 0 fully saturated rings. The molecule has 1 rings (SSSR count). The monoisotopic (exact) mass is 152 g/mol. The van der Waals surface area contributed by atoms with Gasteiger partial charge in [0.1, 0.15) is 12.4 Å². The number of carbonyl (C=O) groups is 1. The van der Waals surface area contributed by atoms with E-state index in [1.165, 1.54) is 0 Å². The maximum absolute atomic E-state index is 9.77. The van der Waals surface area contributed by atoms with Crippen LogP contribution in [0.1, 0.15) is 5.56 Å². The first kappa shape index (κ1) is 7.60. The van der Waals surface area contributed by atoms with Crippen molar-refractivity contribution in [2.45, 2.75) is 6.61 Å². The van der Waals surface area contributed by atoms with Gasteiger partial charge in [-0.15, -0.1) is 0 Å². The number of phenolic OH excluding ortho intramolecular Hbond substituents is 1. The van der Waals surface area contributed by atoms with Crippen LogP contribution in [0.5, 0.6) is 5.75 Å². The Bertz CT molecular complexity index is 228. The van der Waals surface area contributed by atoms with E-state index in [2.05, 4.69) is 4.74 Å². The van der Waals surface area contributed by atoms with E-state index >= 15 is 0 Å². The van der Waals surface area contributed by atoms with Gasteiger partial charge in [0, 0.05) is 0 Å². The molecular formula is C8H8O3. The molecule has 0 saturated carbocycles. The molecule has 0 radical (unpaired) electrons. The zero-order chi connectivity index (χ0) is 8.10. The highest BCUT2D eigenvalue weighted by Crippen LogP contribution is 2.09. The predicted octanol–water partition coefficient (Wildman–Crippen LogP) is 1.07. The number of hydrogen-bond acceptors (Lipinski definition) is 3. The second-order valence-corrected chi connectivity index (χ2v) is 2.07. The number of carbonyl (C=O) groups excluding carboxylic acids is 1. The number of aromatic hydroxyl groups is 1. The molecule has 0 aliphatic rings. The third-order valence-electron chi connectivity index (χ3n) is 1.25. The van der Waals surface area contributed by atoms with Crippen LogP contribution in [0.25, 0.3) is 0 Å². The van der Waals surface area contributed by atoms with Gasteiger partial charge in [-0.25, -0.2) is 0 Å². The van der Waals surface area contributed by atoms with Crippen LogP contribution in [-0.2, 0) is 16.1 Å². The highest BCUT2D eigenvalue weighted by molar-refractivity contribution is 5.37. The molecule has 1 N–H and O–H groups in total. The van der Waals surface area contributed by atoms with Crippen molar-refractivity contribution in [3.8, 4) is 5.75 Å². The third kappa shape index (κ3) is 2.29. The van der Waals surface area contributed by atoms with Crippen molar-refractivity contribution in [1.29, 1.82) is 0 Å². The minimum absolute atomic E-state index is 0.208. The zero-order valence-corrected chi connectivity index (χ0v) is 5.86. The highest BCUT2D eigenvalue weighted by Gasteiger charge is 1.91. The number of phenols is 1. The molecule has 0 heterocycles. The van der Waals surface area contributed by atoms with Crippen LogP contribution in [0.4, 0.5) is 0 Å². The lowest BCUT2D eigenvalue weighted by Crippen LogP contribution is -1.88. The molecule has 58 valence electrons. The second-order valence-electron chi connectivity index (χ2n) is 2.07. The number of benzene rings is 1. The summed E-state index contributed by atoms with van der Waals surface area (Å²) in [5.41, 5.74) is 0.856. The van der Waals surface area contributed by atoms with Crippen molar-refractivity contribution in [2.24, 2.45) is 0 Å². The fourth-order valence-electron chi connectivity index (χ4n) is 0.722. The lowest BCUT2D eigenvalue weighted by atomic mass is 10.2. The number of rotatable bonds is 3. The minimum atomic E-state index is 0.208. The van der Waals surface area contributed by atoms with Gasteiger partial charge in [0.2, 0.25) is 0 Å². The molecule has 0 amide bonds. The highest BCUT2D eigenvalue weighted by atomic mass is 16.5. The van der Waals surface area contributed by atoms with Crippen molar-refractivity contribution >= 4 is 6.47 Å². The minimum Gasteiger partial charge on any atom is -0.508 e. The second kappa shape index (κ2) is 3.61. The summed E-state index contributed by atoms with van der Waals surface area (Å²) in [6.45, 7) is 0.649. The van der Waals surface area contributed by atoms with Crippen LogP contribution in [0, 0.1) is 0 Å². The van der Waals surface area contributed by atoms with Crippen molar-refractivity contribution in [2.75, 3.05) is 0 Å². The normalized spacial score (nSPS) is 9.09. The van der Waals surface area contributed by atoms with Crippen LogP contribution in [-0.4, -0.2) is 11.6 Å². The van der Waals surface area contributed by atoms with Gasteiger partial charge in [-0.3, -0.25) is 4.79 Å². The average molecular weight is 152 g/mol. The van der Waals surface area contributed by atoms with Gasteiger partial charge in [0.25, 0.3) is 6.47 Å². The van der Waals surface area contributed by atoms with E-state index < -0.39 is 0 Å². The molecule has 0 saturated heterocycles. The van der Waals surface area contributed by atoms with E-state index in [4.69, 9.17) is 5.11 Å². The van der Waals surface area contributed by atoms with Gasteiger partial charge >= 0.3 is 0 Å². The maximum Gasteiger partial charge on any atom is 0.293 e. The lowest BCUT2D eigenvalue weighted by molar-refractivity contribution is -0.129. The fraction of sp³-hybridized carbons (Fsp3) is 0.125. The van der Waals surface area contributed by atoms with Crippen LogP contribution in [0.3, 0.4) is 0 Å². The summed E-state index contributed by atoms with van der Waals surface area (Å²) in [6.07, 6.45) is 0. The Morgan fingerprint density at radius 2 is 2.00 bits per heavy atom. The molecule has 0 aromatic heterocycles. The Morgan fingerprint density at radius 1 is 1.36 bits per heavy atom. The molecule has 0 spiro atoms. The zero-order valence-electron chi connectivity index (χ0n) is 5.86. The van der Waals surface area contributed by atoms with Gasteiger partial charge in [-0.1, -0.05) is 12.1 Å². The SMILES string of the molecule is O=COCc1ccc(O)cc1. The molecule has 11 heavy (non-hydrogen) atoms. The van der Waals surface area contributed by atoms with Crippen LogP contribution >= 0.6 is 0 Å². The van der Waals surface area contributed by atoms with Gasteiger partial charge in [-0.2, -0.15) is 0 Å². The van der Waals surface area contributed by atoms with Gasteiger partial charge in [-0.05, 0) is 17.7 Å². The molecule has 0 aliphatic heterocycles. The maximum atomic E-state index is 9.77. The Kier molecular flexibility index (Phi) is 2.49. The van der Waals surface area contributed by atoms with E-state index in [0.717, 1.165) is 5.56 Å². The fourth-order valence-corrected chi connectivity index (χ4v) is 0.722. The van der Waals surface area contributed by atoms with E-state index in [9.17, 15) is 4.79 Å². The molecule has 1 aromatic rings. The number of hydrogen-bond donors (Lipinski definition) is 1. The Labute approximate surface area is 64.2 Å². The standard InChI is InChI=1S/C8H8O3/c9-6-11-5-7-1-3-8(10)4-2-7/h1-4,6,10H,5H2. The van der Waals surface area contributed by atoms with Gasteiger partial charge in [0.15, 0.2) is 0 Å². The van der Waals surface area contributed by atoms with E-state index in [-0.39, 0.29) is 12.4 Å². The first-order valence-corrected chi connectivity index (χ1v) is 3.16. The molecule has 3 nitrogen and oxygen atoms in total. The molecule has 0 aliphatic carbocycles. The third-order valence-corrected chi connectivity index (χ3v) is 1.25. The largest absolute Gasteiger partial charge is 0.508 e. The first-order chi connectivity index (χ1) is 5.33. The number of ether oxygens (including phenoxy) is 1. The van der Waals surface area contributed by atoms with E-state index in [1.807, 2.05) is 0 Å². The summed E-state index contributed by atoms with van der Waals surface area (Å²) < 4.78 is 4.50. The van der Waals surface area contributed by atoms with Crippen LogP contribution in [0.15, 0.2) is 24.3 Å². The smallest absolute Gasteiger partial charge is 0.293 e. The van der Waals surface area contributed by atoms with Crippen molar-refractivity contribution in [3.63, 3.8) is 0 Å². The van der Waals surface area contributed by atoms with Gasteiger partial charge in [0.05, 0.1) is 0 Å². The van der Waals surface area contributed by atoms with Crippen LogP contribution in [0.2, 0.25) is 0 Å². The summed E-state index contributed by atoms with van der Waals surface area (Å²) in [7, 11) is 0. The van der Waals surface area contributed by atoms with Crippen molar-refractivity contribution in [1.82, 2.24) is 0 Å². The molecule has 0 atom stereocenters. The van der Waals surface area contributed by atoms with E-state index in [0.29, 0.717) is 6.47 Å². The Morgan fingerprint density at radius 3 is 2.55 bits per heavy atom. The van der Waals surface area contributed by atoms with Crippen molar-refractivity contribution < 1.29 is 14.6 Å². The summed E-state index contributed by atoms with van der Waals surface area (Å²) in [4.78, 5) is 9.77. The summed E-state index contributed by atoms with van der Waals surface area (Å²) in [5, 5.41) is 8.87. The lowest BCUT2D eigenvalue weighted by Gasteiger charge is -1.97. The predicted molar refractivity (Wildman–Crippen MR) is 39.0 cm³/mol. The average Bonchev–Trinajstić information content (AvgIpc) is 2.04. The molecule has 0 unspecified atom stereocenters. The molecule has 0 bridgehead atoms. The Balaban J connectivity index is 2.58. The summed E-state index contributed by atoms with van der Waals surface area (Å²) in [6, 6.07) is 6.48. The molecule has 1 aromatic carbocycles. The summed E-state index contributed by atoms with van der Waals surface area (Å²) in [5.74, 6) is 0.208. The Hall–Kier alpha value is -1.51. The topological polar surface area (TPSA) is 46.5 Å². The van der Waals surface area contributed by atoms with Gasteiger partial charge < -0.3 is 9.84 Å². The van der Waals surface area contributed by atoms with Crippen molar-refractivity contribution in [3.05, 3.63) is 29.8 Å². The van der Waals surface area contributed by atoms with Crippen LogP contribution < -0.4 is 0 Å². The summed E-state index contributed by atoms with van der Waals surface area (Å²) >= 11 is 0. The molecule has 3 heteroatoms. The first-order valence-electron chi connectivity index (χ1n) is 3.16. The quantitative estimate of drug-likeness (QED) is 0.659. The van der Waals surface area contributed by atoms with E-state index in [1.54, 1.807) is 24.3 Å².